The number of allylic oxidation sites excluding steroid dienone is 1. The second-order valence-corrected chi connectivity index (χ2v) is 4.30. The van der Waals surface area contributed by atoms with Crippen molar-refractivity contribution in [2.45, 2.75) is 26.7 Å². The number of halogens is 2. The fourth-order valence-electron chi connectivity index (χ4n) is 1.38. The number of benzene rings is 1. The largest absolute Gasteiger partial charge is 0.486 e. The zero-order valence-corrected chi connectivity index (χ0v) is 13.2. The molecule has 0 aliphatic heterocycles. The lowest BCUT2D eigenvalue weighted by Gasteiger charge is -2.07. The average molecular weight is 329 g/mol. The molecule has 1 aromatic carbocycles. The van der Waals surface area contributed by atoms with Crippen LogP contribution in [0.5, 0.6) is 5.75 Å². The van der Waals surface area contributed by atoms with Crippen LogP contribution >= 0.6 is 0 Å². The van der Waals surface area contributed by atoms with Gasteiger partial charge in [0.05, 0.1) is 6.61 Å². The van der Waals surface area contributed by atoms with Crippen LogP contribution < -0.4 is 10.5 Å². The van der Waals surface area contributed by atoms with Gasteiger partial charge in [-0.05, 0) is 25.5 Å². The van der Waals surface area contributed by atoms with Gasteiger partial charge in [0.1, 0.15) is 18.0 Å². The first-order valence-electron chi connectivity index (χ1n) is 7.06. The van der Waals surface area contributed by atoms with Crippen molar-refractivity contribution in [2.24, 2.45) is 5.73 Å². The van der Waals surface area contributed by atoms with E-state index in [2.05, 4.69) is 4.74 Å². The molecule has 0 aliphatic rings. The maximum absolute atomic E-state index is 13.5. The molecule has 1 rings (SSSR count). The van der Waals surface area contributed by atoms with Crippen LogP contribution in [0.15, 0.2) is 24.3 Å². The minimum absolute atomic E-state index is 0.136. The Bertz CT molecular complexity index is 533. The molecule has 0 aromatic heterocycles. The molecule has 128 valence electrons. The smallest absolute Gasteiger partial charge is 0.293 e. The number of nitrogens with two attached hydrogens (primary N) is 1. The van der Waals surface area contributed by atoms with Crippen molar-refractivity contribution in [1.82, 2.24) is 0 Å². The van der Waals surface area contributed by atoms with E-state index in [4.69, 9.17) is 10.5 Å². The number of carbonyl (C=O) groups is 2. The fourth-order valence-corrected chi connectivity index (χ4v) is 1.38. The Morgan fingerprint density at radius 2 is 2.04 bits per heavy atom. The molecule has 7 heteroatoms. The van der Waals surface area contributed by atoms with Gasteiger partial charge in [-0.2, -0.15) is 0 Å². The lowest BCUT2D eigenvalue weighted by Crippen LogP contribution is -2.16. The highest BCUT2D eigenvalue weighted by Crippen LogP contribution is 2.22. The number of carbonyl (C=O) groups excluding carboxylic acids is 2. The molecular formula is C16H21F2NO4. The summed E-state index contributed by atoms with van der Waals surface area (Å²) >= 11 is 0. The first-order chi connectivity index (χ1) is 11.0. The third kappa shape index (κ3) is 7.94. The van der Waals surface area contributed by atoms with Gasteiger partial charge in [-0.1, -0.05) is 25.5 Å². The maximum atomic E-state index is 13.5. The third-order valence-corrected chi connectivity index (χ3v) is 2.56. The van der Waals surface area contributed by atoms with Crippen LogP contribution in [0.4, 0.5) is 8.78 Å². The molecule has 0 aliphatic carbocycles. The number of primary amides is 1. The topological polar surface area (TPSA) is 78.6 Å². The van der Waals surface area contributed by atoms with E-state index < -0.39 is 23.1 Å². The van der Waals surface area contributed by atoms with Gasteiger partial charge in [0, 0.05) is 0 Å². The highest BCUT2D eigenvalue weighted by Gasteiger charge is 2.18. The summed E-state index contributed by atoms with van der Waals surface area (Å²) in [5, 5.41) is 0. The molecular weight excluding hydrogens is 308 g/mol. The molecule has 0 saturated heterocycles. The standard InChI is InChI=1S/C11H11F2NO2.C5H10O2/c1-2-3-6-16-8-5-4-7(12)9(10(8)13)11(14)15;1-2-3-4-7-5-6/h2-5H,6H2,1H3,(H2,14,15);5H,2-4H2,1H3/b3-2+;. The van der Waals surface area contributed by atoms with E-state index in [1.54, 1.807) is 19.1 Å². The Balaban J connectivity index is 0.000000585. The molecule has 1 aromatic rings. The molecule has 1 amide bonds. The van der Waals surface area contributed by atoms with Gasteiger partial charge in [0.2, 0.25) is 0 Å². The van der Waals surface area contributed by atoms with Crippen LogP contribution in [0, 0.1) is 11.6 Å². The number of ether oxygens (including phenoxy) is 2. The van der Waals surface area contributed by atoms with Crippen molar-refractivity contribution < 1.29 is 27.8 Å². The van der Waals surface area contributed by atoms with E-state index in [-0.39, 0.29) is 12.4 Å². The molecule has 2 N–H and O–H groups in total. The van der Waals surface area contributed by atoms with Crippen molar-refractivity contribution in [3.05, 3.63) is 41.5 Å². The van der Waals surface area contributed by atoms with Crippen LogP contribution in [0.25, 0.3) is 0 Å². The lowest BCUT2D eigenvalue weighted by molar-refractivity contribution is -0.128. The molecule has 0 bridgehead atoms. The van der Waals surface area contributed by atoms with E-state index >= 15 is 0 Å². The maximum Gasteiger partial charge on any atom is 0.293 e. The zero-order chi connectivity index (χ0) is 17.7. The van der Waals surface area contributed by atoms with Gasteiger partial charge >= 0.3 is 0 Å². The molecule has 0 saturated carbocycles. The van der Waals surface area contributed by atoms with E-state index in [0.29, 0.717) is 13.1 Å². The van der Waals surface area contributed by atoms with Crippen molar-refractivity contribution >= 4 is 12.4 Å². The molecule has 0 fully saturated rings. The Morgan fingerprint density at radius 1 is 1.35 bits per heavy atom. The van der Waals surface area contributed by atoms with Crippen molar-refractivity contribution in [3.8, 4) is 5.75 Å². The fraction of sp³-hybridized carbons (Fsp3) is 0.375. The Kier molecular flexibility index (Phi) is 10.9. The van der Waals surface area contributed by atoms with Crippen LogP contribution in [-0.2, 0) is 9.53 Å². The summed E-state index contributed by atoms with van der Waals surface area (Å²) in [6.45, 7) is 5.01. The minimum atomic E-state index is -1.16. The van der Waals surface area contributed by atoms with Gasteiger partial charge in [-0.15, -0.1) is 0 Å². The van der Waals surface area contributed by atoms with Gasteiger partial charge in [0.25, 0.3) is 12.4 Å². The van der Waals surface area contributed by atoms with Gasteiger partial charge in [-0.25, -0.2) is 8.78 Å². The number of amides is 1. The molecule has 23 heavy (non-hydrogen) atoms. The summed E-state index contributed by atoms with van der Waals surface area (Å²) in [5.41, 5.74) is 4.07. The number of rotatable bonds is 8. The van der Waals surface area contributed by atoms with Crippen molar-refractivity contribution in [1.29, 1.82) is 0 Å². The number of unbranched alkanes of at least 4 members (excludes halogenated alkanes) is 1. The Morgan fingerprint density at radius 3 is 2.57 bits per heavy atom. The first kappa shape index (κ1) is 20.6. The molecule has 0 heterocycles. The number of hydrogen-bond donors (Lipinski definition) is 1. The second kappa shape index (κ2) is 12.1. The highest BCUT2D eigenvalue weighted by molar-refractivity contribution is 5.93. The zero-order valence-electron chi connectivity index (χ0n) is 13.2. The van der Waals surface area contributed by atoms with Crippen LogP contribution in [-0.4, -0.2) is 25.6 Å². The summed E-state index contributed by atoms with van der Waals surface area (Å²) in [6, 6.07) is 2.05. The van der Waals surface area contributed by atoms with E-state index in [1.165, 1.54) is 0 Å². The second-order valence-electron chi connectivity index (χ2n) is 4.30. The molecule has 0 radical (unpaired) electrons. The van der Waals surface area contributed by atoms with Crippen molar-refractivity contribution in [2.75, 3.05) is 13.2 Å². The quantitative estimate of drug-likeness (QED) is 0.452. The monoisotopic (exact) mass is 329 g/mol. The summed E-state index contributed by atoms with van der Waals surface area (Å²) < 4.78 is 36.0. The molecule has 0 unspecified atom stereocenters. The Hall–Kier alpha value is -2.44. The third-order valence-electron chi connectivity index (χ3n) is 2.56. The first-order valence-corrected chi connectivity index (χ1v) is 7.06. The Labute approximate surface area is 134 Å². The lowest BCUT2D eigenvalue weighted by atomic mass is 10.1. The van der Waals surface area contributed by atoms with Crippen LogP contribution in [0.2, 0.25) is 0 Å². The van der Waals surface area contributed by atoms with Crippen molar-refractivity contribution in [3.63, 3.8) is 0 Å². The highest BCUT2D eigenvalue weighted by atomic mass is 19.1. The van der Waals surface area contributed by atoms with E-state index in [0.717, 1.165) is 25.0 Å². The summed E-state index contributed by atoms with van der Waals surface area (Å²) in [6.07, 6.45) is 5.41. The summed E-state index contributed by atoms with van der Waals surface area (Å²) in [4.78, 5) is 20.3. The predicted octanol–water partition coefficient (Wildman–Crippen LogP) is 2.98. The summed E-state index contributed by atoms with van der Waals surface area (Å²) in [5.74, 6) is -3.43. The van der Waals surface area contributed by atoms with E-state index in [9.17, 15) is 18.4 Å². The minimum Gasteiger partial charge on any atom is -0.486 e. The molecule has 5 nitrogen and oxygen atoms in total. The summed E-state index contributed by atoms with van der Waals surface area (Å²) in [7, 11) is 0. The van der Waals surface area contributed by atoms with Gasteiger partial charge in [-0.3, -0.25) is 9.59 Å². The molecule has 0 spiro atoms. The normalized spacial score (nSPS) is 9.91. The SMILES string of the molecule is C/C=C/COc1ccc(F)c(C(N)=O)c1F.CCCCOC=O. The van der Waals surface area contributed by atoms with E-state index in [1.807, 2.05) is 6.92 Å². The van der Waals surface area contributed by atoms with Gasteiger partial charge in [0.15, 0.2) is 11.6 Å². The van der Waals surface area contributed by atoms with Crippen LogP contribution in [0.1, 0.15) is 37.0 Å². The average Bonchev–Trinajstić information content (AvgIpc) is 2.51. The van der Waals surface area contributed by atoms with Crippen LogP contribution in [0.3, 0.4) is 0 Å². The van der Waals surface area contributed by atoms with Gasteiger partial charge < -0.3 is 15.2 Å². The molecule has 0 atom stereocenters. The number of hydrogen-bond acceptors (Lipinski definition) is 4. The predicted molar refractivity (Wildman–Crippen MR) is 82.1 cm³/mol.